The fourth-order valence-corrected chi connectivity index (χ4v) is 10.8. The largest absolute Gasteiger partial charge is 0.456 e. The van der Waals surface area contributed by atoms with Gasteiger partial charge in [0.2, 0.25) is 0 Å². The first-order valence-corrected chi connectivity index (χ1v) is 21.8. The molecule has 60 heavy (non-hydrogen) atoms. The number of hydrogen-bond acceptors (Lipinski definition) is 3. The Kier molecular flexibility index (Phi) is 7.87. The molecule has 0 amide bonds. The summed E-state index contributed by atoms with van der Waals surface area (Å²) in [4.78, 5) is 5.19. The summed E-state index contributed by atoms with van der Waals surface area (Å²) in [5.41, 5.74) is 22.7. The van der Waals surface area contributed by atoms with Crippen molar-refractivity contribution in [1.82, 2.24) is 0 Å². The Labute approximate surface area is 355 Å². The Balaban J connectivity index is 1.28. The van der Waals surface area contributed by atoms with Crippen LogP contribution in [0.1, 0.15) is 89.1 Å². The zero-order valence-corrected chi connectivity index (χ0v) is 36.5. The van der Waals surface area contributed by atoms with E-state index in [-0.39, 0.29) is 23.0 Å². The van der Waals surface area contributed by atoms with E-state index in [1.165, 1.54) is 96.6 Å². The Hall–Kier alpha value is -6.00. The van der Waals surface area contributed by atoms with Crippen molar-refractivity contribution >= 4 is 79.2 Å². The predicted molar refractivity (Wildman–Crippen MR) is 257 cm³/mol. The Morgan fingerprint density at radius 1 is 0.533 bits per heavy atom. The number of anilines is 6. The molecule has 3 nitrogen and oxygen atoms in total. The second-order valence-corrected chi connectivity index (χ2v) is 20.2. The van der Waals surface area contributed by atoms with Crippen molar-refractivity contribution in [2.45, 2.75) is 91.4 Å². The van der Waals surface area contributed by atoms with Crippen molar-refractivity contribution < 1.29 is 4.42 Å². The maximum atomic E-state index is 6.56. The van der Waals surface area contributed by atoms with E-state index in [4.69, 9.17) is 4.42 Å². The van der Waals surface area contributed by atoms with E-state index < -0.39 is 0 Å². The second kappa shape index (κ2) is 12.8. The van der Waals surface area contributed by atoms with Gasteiger partial charge in [0.15, 0.2) is 0 Å². The first kappa shape index (κ1) is 37.0. The summed E-state index contributed by atoms with van der Waals surface area (Å²) in [6, 6.07) is 50.5. The van der Waals surface area contributed by atoms with E-state index in [0.717, 1.165) is 27.6 Å². The monoisotopic (exact) mass is 780 g/mol. The number of rotatable bonds is 3. The highest BCUT2D eigenvalue weighted by molar-refractivity contribution is 7.00. The van der Waals surface area contributed by atoms with Crippen molar-refractivity contribution in [2.24, 2.45) is 0 Å². The van der Waals surface area contributed by atoms with Gasteiger partial charge in [-0.1, -0.05) is 133 Å². The van der Waals surface area contributed by atoms with E-state index in [1.807, 2.05) is 0 Å². The smallest absolute Gasteiger partial charge is 0.252 e. The third kappa shape index (κ3) is 5.42. The summed E-state index contributed by atoms with van der Waals surface area (Å²) in [7, 11) is 0. The number of aryl methyl sites for hydroxylation is 2. The number of fused-ring (bicyclic) bond motifs is 8. The zero-order chi connectivity index (χ0) is 41.5. The van der Waals surface area contributed by atoms with Gasteiger partial charge in [-0.3, -0.25) is 0 Å². The van der Waals surface area contributed by atoms with Crippen molar-refractivity contribution in [1.29, 1.82) is 0 Å². The molecular formula is C56H53BN2O. The number of nitrogens with zero attached hydrogens (tertiary/aromatic N) is 2. The van der Waals surface area contributed by atoms with Gasteiger partial charge in [0.05, 0.1) is 11.1 Å². The van der Waals surface area contributed by atoms with Gasteiger partial charge in [0.1, 0.15) is 11.2 Å². The lowest BCUT2D eigenvalue weighted by Crippen LogP contribution is -2.62. The summed E-state index contributed by atoms with van der Waals surface area (Å²) in [5, 5.41) is 2.27. The third-order valence-electron chi connectivity index (χ3n) is 14.2. The minimum atomic E-state index is 0.0114. The quantitative estimate of drug-likeness (QED) is 0.167. The molecule has 11 rings (SSSR count). The lowest BCUT2D eigenvalue weighted by Gasteiger charge is -2.47. The molecule has 8 aromatic rings. The maximum absolute atomic E-state index is 6.56. The van der Waals surface area contributed by atoms with Crippen LogP contribution in [0, 0.1) is 13.8 Å². The number of hydrogen-bond donors (Lipinski definition) is 0. The molecule has 7 aromatic carbocycles. The molecule has 0 radical (unpaired) electrons. The van der Waals surface area contributed by atoms with Gasteiger partial charge < -0.3 is 14.2 Å². The SMILES string of the molecule is Cc1cc2c3c(c1)N(c1cccc4oc5ccccc5c14)c1ccc(-c4ccccc4)cc1B3c1cc3c(cc1N2c1ccc(C(C)(C)C)cc1C)C(C)(C)CCC3(C)C. The van der Waals surface area contributed by atoms with Gasteiger partial charge in [0, 0.05) is 33.8 Å². The normalized spacial score (nSPS) is 16.1. The first-order valence-electron chi connectivity index (χ1n) is 21.8. The Morgan fingerprint density at radius 3 is 1.88 bits per heavy atom. The lowest BCUT2D eigenvalue weighted by molar-refractivity contribution is 0.332. The minimum Gasteiger partial charge on any atom is -0.456 e. The predicted octanol–water partition coefficient (Wildman–Crippen LogP) is 13.6. The topological polar surface area (TPSA) is 19.6 Å². The molecule has 3 heterocycles. The van der Waals surface area contributed by atoms with Gasteiger partial charge in [0.25, 0.3) is 6.71 Å². The molecule has 0 bridgehead atoms. The Bertz CT molecular complexity index is 3070. The van der Waals surface area contributed by atoms with Crippen LogP contribution < -0.4 is 26.2 Å². The first-order chi connectivity index (χ1) is 28.7. The number of para-hydroxylation sites is 1. The van der Waals surface area contributed by atoms with E-state index in [2.05, 4.69) is 206 Å². The lowest BCUT2D eigenvalue weighted by atomic mass is 9.33. The van der Waals surface area contributed by atoms with Gasteiger partial charge >= 0.3 is 0 Å². The molecule has 3 aliphatic rings. The van der Waals surface area contributed by atoms with Gasteiger partial charge in [-0.25, -0.2) is 0 Å². The molecule has 0 spiro atoms. The van der Waals surface area contributed by atoms with Crippen LogP contribution >= 0.6 is 0 Å². The number of benzene rings is 7. The molecule has 296 valence electrons. The van der Waals surface area contributed by atoms with Gasteiger partial charge in [-0.05, 0) is 147 Å². The molecule has 0 atom stereocenters. The molecule has 0 saturated carbocycles. The van der Waals surface area contributed by atoms with Crippen LogP contribution in [0.5, 0.6) is 0 Å². The highest BCUT2D eigenvalue weighted by atomic mass is 16.3. The van der Waals surface area contributed by atoms with Crippen LogP contribution in [0.3, 0.4) is 0 Å². The van der Waals surface area contributed by atoms with Crippen molar-refractivity contribution in [3.05, 3.63) is 161 Å². The highest BCUT2D eigenvalue weighted by Crippen LogP contribution is 2.52. The van der Waals surface area contributed by atoms with E-state index >= 15 is 0 Å². The van der Waals surface area contributed by atoms with Gasteiger partial charge in [-0.2, -0.15) is 0 Å². The fourth-order valence-electron chi connectivity index (χ4n) is 10.8. The third-order valence-corrected chi connectivity index (χ3v) is 14.2. The molecule has 0 N–H and O–H groups in total. The van der Waals surface area contributed by atoms with Crippen LogP contribution in [0.4, 0.5) is 34.1 Å². The summed E-state index contributed by atoms with van der Waals surface area (Å²) in [6.45, 7) is 21.4. The van der Waals surface area contributed by atoms with Crippen LogP contribution in [0.25, 0.3) is 33.1 Å². The molecule has 4 heteroatoms. The molecule has 1 aliphatic carbocycles. The highest BCUT2D eigenvalue weighted by Gasteiger charge is 2.47. The van der Waals surface area contributed by atoms with E-state index in [9.17, 15) is 0 Å². The molecule has 1 aromatic heterocycles. The molecule has 2 aliphatic heterocycles. The van der Waals surface area contributed by atoms with Crippen molar-refractivity contribution in [3.8, 4) is 11.1 Å². The maximum Gasteiger partial charge on any atom is 0.252 e. The standard InChI is InChI=1S/C56H53BN2O/c1-34-28-48-53-49(29-34)59(46-19-15-21-51-52(46)39-18-13-14-20-50(39)60-51)45-24-22-37(36-16-11-10-12-17-36)31-42(45)57(53)43-32-40-41(56(8,9)27-26-55(40,6)7)33-47(43)58(48)44-25-23-38(30-35(44)2)54(3,4)5/h10-25,28-33H,26-27H2,1-9H3. The van der Waals surface area contributed by atoms with Crippen molar-refractivity contribution in [2.75, 3.05) is 9.80 Å². The summed E-state index contributed by atoms with van der Waals surface area (Å²) in [5.74, 6) is 0. The summed E-state index contributed by atoms with van der Waals surface area (Å²) < 4.78 is 6.56. The van der Waals surface area contributed by atoms with Crippen LogP contribution in [0.2, 0.25) is 0 Å². The Morgan fingerprint density at radius 2 is 1.17 bits per heavy atom. The van der Waals surface area contributed by atoms with Crippen LogP contribution in [-0.4, -0.2) is 6.71 Å². The fraction of sp³-hybridized carbons (Fsp3) is 0.250. The van der Waals surface area contributed by atoms with Gasteiger partial charge in [-0.15, -0.1) is 0 Å². The average Bonchev–Trinajstić information content (AvgIpc) is 3.61. The van der Waals surface area contributed by atoms with Crippen LogP contribution in [-0.2, 0) is 16.2 Å². The minimum absolute atomic E-state index is 0.0114. The molecule has 0 saturated heterocycles. The van der Waals surface area contributed by atoms with E-state index in [0.29, 0.717) is 0 Å². The molecular weight excluding hydrogens is 727 g/mol. The summed E-state index contributed by atoms with van der Waals surface area (Å²) >= 11 is 0. The zero-order valence-electron chi connectivity index (χ0n) is 36.5. The molecule has 0 unspecified atom stereocenters. The average molecular weight is 781 g/mol. The van der Waals surface area contributed by atoms with Crippen molar-refractivity contribution in [3.63, 3.8) is 0 Å². The number of furan rings is 1. The summed E-state index contributed by atoms with van der Waals surface area (Å²) in [6.07, 6.45) is 2.33. The van der Waals surface area contributed by atoms with E-state index in [1.54, 1.807) is 0 Å². The second-order valence-electron chi connectivity index (χ2n) is 20.2. The van der Waals surface area contributed by atoms with Crippen LogP contribution in [0.15, 0.2) is 138 Å². The molecule has 0 fully saturated rings.